The molecule has 0 radical (unpaired) electrons. The Morgan fingerprint density at radius 1 is 1.23 bits per heavy atom. The van der Waals surface area contributed by atoms with E-state index in [1.54, 1.807) is 16.0 Å². The van der Waals surface area contributed by atoms with E-state index in [-0.39, 0.29) is 11.2 Å². The maximum absolute atomic E-state index is 12.6. The molecule has 2 aromatic heterocycles. The van der Waals surface area contributed by atoms with Crippen molar-refractivity contribution < 1.29 is 4.79 Å². The number of anilines is 1. The molecule has 0 unspecified atom stereocenters. The van der Waals surface area contributed by atoms with E-state index in [0.29, 0.717) is 0 Å². The zero-order valence-electron chi connectivity index (χ0n) is 15.5. The Balaban J connectivity index is 1.67. The van der Waals surface area contributed by atoms with Crippen molar-refractivity contribution in [3.63, 3.8) is 0 Å². The van der Waals surface area contributed by atoms with E-state index in [9.17, 15) is 4.79 Å². The second-order valence-corrected chi connectivity index (χ2v) is 8.73. The van der Waals surface area contributed by atoms with E-state index >= 15 is 0 Å². The van der Waals surface area contributed by atoms with Crippen LogP contribution >= 0.6 is 23.1 Å². The Labute approximate surface area is 161 Å². The number of amides is 1. The van der Waals surface area contributed by atoms with E-state index < -0.39 is 0 Å². The first-order valence-electron chi connectivity index (χ1n) is 8.35. The van der Waals surface area contributed by atoms with E-state index in [0.717, 1.165) is 32.7 Å². The predicted octanol–water partition coefficient (Wildman–Crippen LogP) is 4.59. The van der Waals surface area contributed by atoms with E-state index in [2.05, 4.69) is 46.6 Å². The summed E-state index contributed by atoms with van der Waals surface area (Å²) in [6.45, 7) is 7.81. The monoisotopic (exact) mass is 386 g/mol. The summed E-state index contributed by atoms with van der Waals surface area (Å²) >= 11 is 3.04. The number of carbonyl (C=O) groups is 1. The zero-order valence-corrected chi connectivity index (χ0v) is 17.2. The molecule has 3 aromatic rings. The minimum atomic E-state index is -0.244. The molecule has 1 N–H and O–H groups in total. The molecule has 0 saturated heterocycles. The zero-order chi connectivity index (χ0) is 18.8. The number of carbonyl (C=O) groups excluding carboxylic acids is 1. The van der Waals surface area contributed by atoms with Gasteiger partial charge in [-0.05, 0) is 27.7 Å². The smallest absolute Gasteiger partial charge is 0.237 e. The van der Waals surface area contributed by atoms with E-state index in [1.165, 1.54) is 17.3 Å². The number of hydrogen-bond acceptors (Lipinski definition) is 5. The van der Waals surface area contributed by atoms with Crippen molar-refractivity contribution in [2.75, 3.05) is 5.32 Å². The van der Waals surface area contributed by atoms with Crippen molar-refractivity contribution in [2.45, 2.75) is 37.3 Å². The number of thiazole rings is 1. The summed E-state index contributed by atoms with van der Waals surface area (Å²) in [5.74, 6) is -0.0405. The van der Waals surface area contributed by atoms with Gasteiger partial charge in [-0.2, -0.15) is 5.10 Å². The third-order valence-electron chi connectivity index (χ3n) is 4.23. The van der Waals surface area contributed by atoms with Crippen LogP contribution in [-0.2, 0) is 11.8 Å². The van der Waals surface area contributed by atoms with E-state index in [1.807, 2.05) is 33.2 Å². The number of hydrogen-bond donors (Lipinski definition) is 1. The number of aromatic nitrogens is 3. The molecule has 26 heavy (non-hydrogen) atoms. The average molecular weight is 387 g/mol. The van der Waals surface area contributed by atoms with Crippen LogP contribution in [0.15, 0.2) is 34.0 Å². The molecule has 7 heteroatoms. The highest BCUT2D eigenvalue weighted by Gasteiger charge is 2.20. The van der Waals surface area contributed by atoms with Crippen LogP contribution in [0.2, 0.25) is 0 Å². The summed E-state index contributed by atoms with van der Waals surface area (Å²) in [6, 6.07) is 8.30. The molecule has 1 aromatic carbocycles. The fourth-order valence-electron chi connectivity index (χ4n) is 2.55. The van der Waals surface area contributed by atoms with Gasteiger partial charge in [0.1, 0.15) is 0 Å². The Hall–Kier alpha value is -2.12. The maximum Gasteiger partial charge on any atom is 0.237 e. The van der Waals surface area contributed by atoms with Gasteiger partial charge in [0, 0.05) is 18.0 Å². The SMILES string of the molecule is Cc1ccc(-c2csc(S[C@@H](C)C(=O)Nc3c(C)nn(C)c3C)n2)cc1. The molecule has 0 aliphatic rings. The largest absolute Gasteiger partial charge is 0.322 e. The summed E-state index contributed by atoms with van der Waals surface area (Å²) in [4.78, 5) is 17.2. The quantitative estimate of drug-likeness (QED) is 0.652. The Morgan fingerprint density at radius 2 is 1.92 bits per heavy atom. The number of rotatable bonds is 5. The van der Waals surface area contributed by atoms with Gasteiger partial charge in [0.25, 0.3) is 0 Å². The molecule has 5 nitrogen and oxygen atoms in total. The van der Waals surface area contributed by atoms with Crippen LogP contribution in [0.4, 0.5) is 5.69 Å². The van der Waals surface area contributed by atoms with Crippen LogP contribution < -0.4 is 5.32 Å². The topological polar surface area (TPSA) is 59.8 Å². The summed E-state index contributed by atoms with van der Waals surface area (Å²) in [7, 11) is 1.87. The van der Waals surface area contributed by atoms with Gasteiger partial charge < -0.3 is 5.32 Å². The lowest BCUT2D eigenvalue weighted by atomic mass is 10.1. The van der Waals surface area contributed by atoms with Crippen LogP contribution in [0.3, 0.4) is 0 Å². The molecule has 0 aliphatic heterocycles. The molecule has 0 aliphatic carbocycles. The molecule has 3 rings (SSSR count). The Kier molecular flexibility index (Phi) is 5.48. The molecular formula is C19H22N4OS2. The van der Waals surface area contributed by atoms with Gasteiger partial charge in [-0.15, -0.1) is 11.3 Å². The second-order valence-electron chi connectivity index (χ2n) is 6.28. The van der Waals surface area contributed by atoms with Gasteiger partial charge in [0.2, 0.25) is 5.91 Å². The van der Waals surface area contributed by atoms with Crippen LogP contribution in [0.25, 0.3) is 11.3 Å². The summed E-state index contributed by atoms with van der Waals surface area (Å²) in [5.41, 5.74) is 5.84. The van der Waals surface area contributed by atoms with Crippen LogP contribution in [0, 0.1) is 20.8 Å². The van der Waals surface area contributed by atoms with Gasteiger partial charge in [-0.25, -0.2) is 4.98 Å². The normalized spacial score (nSPS) is 12.2. The van der Waals surface area contributed by atoms with Crippen molar-refractivity contribution in [3.8, 4) is 11.3 Å². The first-order valence-corrected chi connectivity index (χ1v) is 10.1. The average Bonchev–Trinajstić information content (AvgIpc) is 3.15. The third-order valence-corrected chi connectivity index (χ3v) is 6.31. The fourth-order valence-corrected chi connectivity index (χ4v) is 4.52. The highest BCUT2D eigenvalue weighted by molar-refractivity contribution is 8.02. The van der Waals surface area contributed by atoms with Gasteiger partial charge in [-0.3, -0.25) is 9.48 Å². The van der Waals surface area contributed by atoms with Crippen molar-refractivity contribution in [3.05, 3.63) is 46.6 Å². The molecule has 1 amide bonds. The van der Waals surface area contributed by atoms with Crippen LogP contribution in [-0.4, -0.2) is 25.9 Å². The molecule has 1 atom stereocenters. The first kappa shape index (κ1) is 18.7. The molecule has 0 bridgehead atoms. The Bertz CT molecular complexity index is 928. The predicted molar refractivity (Wildman–Crippen MR) is 109 cm³/mol. The molecule has 0 saturated carbocycles. The second kappa shape index (κ2) is 7.63. The fraction of sp³-hybridized carbons (Fsp3) is 0.316. The van der Waals surface area contributed by atoms with Crippen molar-refractivity contribution in [2.24, 2.45) is 7.05 Å². The molecule has 0 spiro atoms. The van der Waals surface area contributed by atoms with Crippen molar-refractivity contribution in [1.82, 2.24) is 14.8 Å². The third kappa shape index (κ3) is 3.99. The summed E-state index contributed by atoms with van der Waals surface area (Å²) in [5, 5.41) is 9.12. The molecule has 0 fully saturated rings. The minimum absolute atomic E-state index is 0.0405. The van der Waals surface area contributed by atoms with Gasteiger partial charge >= 0.3 is 0 Å². The molecule has 2 heterocycles. The summed E-state index contributed by atoms with van der Waals surface area (Å²) in [6.07, 6.45) is 0. The Morgan fingerprint density at radius 3 is 2.54 bits per heavy atom. The van der Waals surface area contributed by atoms with Crippen LogP contribution in [0.5, 0.6) is 0 Å². The number of benzene rings is 1. The van der Waals surface area contributed by atoms with Crippen molar-refractivity contribution >= 4 is 34.7 Å². The molecule has 136 valence electrons. The van der Waals surface area contributed by atoms with Gasteiger partial charge in [0.05, 0.1) is 28.0 Å². The highest BCUT2D eigenvalue weighted by atomic mass is 32.2. The lowest BCUT2D eigenvalue weighted by molar-refractivity contribution is -0.115. The van der Waals surface area contributed by atoms with E-state index in [4.69, 9.17) is 0 Å². The van der Waals surface area contributed by atoms with Crippen molar-refractivity contribution in [1.29, 1.82) is 0 Å². The van der Waals surface area contributed by atoms with Gasteiger partial charge in [-0.1, -0.05) is 41.6 Å². The molecular weight excluding hydrogens is 364 g/mol. The minimum Gasteiger partial charge on any atom is -0.322 e. The lowest BCUT2D eigenvalue weighted by Crippen LogP contribution is -2.23. The van der Waals surface area contributed by atoms with Gasteiger partial charge in [0.15, 0.2) is 4.34 Å². The maximum atomic E-state index is 12.6. The lowest BCUT2D eigenvalue weighted by Gasteiger charge is -2.10. The number of aryl methyl sites for hydroxylation is 3. The number of thioether (sulfide) groups is 1. The standard InChI is InChI=1S/C19H22N4OS2/c1-11-6-8-15(9-7-11)16-10-25-19(20-16)26-14(4)18(24)21-17-12(2)22-23(5)13(17)3/h6-10,14H,1-5H3,(H,21,24)/t14-/m0/s1. The number of nitrogens with zero attached hydrogens (tertiary/aromatic N) is 3. The number of nitrogens with one attached hydrogen (secondary N) is 1. The van der Waals surface area contributed by atoms with Crippen LogP contribution in [0.1, 0.15) is 23.9 Å². The summed E-state index contributed by atoms with van der Waals surface area (Å²) < 4.78 is 2.67. The highest BCUT2D eigenvalue weighted by Crippen LogP contribution is 2.31. The first-order chi connectivity index (χ1) is 12.3.